The van der Waals surface area contributed by atoms with Gasteiger partial charge < -0.3 is 10.6 Å². The van der Waals surface area contributed by atoms with Crippen molar-refractivity contribution < 1.29 is 9.18 Å². The van der Waals surface area contributed by atoms with Crippen molar-refractivity contribution in [3.8, 4) is 0 Å². The minimum Gasteiger partial charge on any atom is -0.398 e. The Morgan fingerprint density at radius 1 is 1.24 bits per heavy atom. The molecule has 0 radical (unpaired) electrons. The fourth-order valence-electron chi connectivity index (χ4n) is 3.79. The lowest BCUT2D eigenvalue weighted by Crippen LogP contribution is -2.44. The Labute approximate surface area is 125 Å². The molecule has 3 nitrogen and oxygen atoms in total. The zero-order valence-corrected chi connectivity index (χ0v) is 12.6. The van der Waals surface area contributed by atoms with Gasteiger partial charge in [-0.2, -0.15) is 0 Å². The topological polar surface area (TPSA) is 46.3 Å². The molecule has 1 amide bonds. The van der Waals surface area contributed by atoms with Gasteiger partial charge in [-0.15, -0.1) is 0 Å². The maximum atomic E-state index is 13.8. The third kappa shape index (κ3) is 2.76. The van der Waals surface area contributed by atoms with Gasteiger partial charge in [-0.05, 0) is 43.7 Å². The van der Waals surface area contributed by atoms with Crippen molar-refractivity contribution in [3.63, 3.8) is 0 Å². The molecule has 1 aromatic carbocycles. The highest BCUT2D eigenvalue weighted by Crippen LogP contribution is 2.36. The number of carbonyl (C=O) groups is 1. The Hall–Kier alpha value is -1.58. The minimum absolute atomic E-state index is 0.0791. The first-order valence-corrected chi connectivity index (χ1v) is 7.91. The van der Waals surface area contributed by atoms with Crippen LogP contribution in [0, 0.1) is 24.6 Å². The van der Waals surface area contributed by atoms with Gasteiger partial charge in [0.15, 0.2) is 0 Å². The normalized spacial score (nSPS) is 25.5. The van der Waals surface area contributed by atoms with E-state index in [2.05, 4.69) is 0 Å². The Morgan fingerprint density at radius 3 is 2.67 bits per heavy atom. The zero-order chi connectivity index (χ0) is 15.0. The van der Waals surface area contributed by atoms with Crippen molar-refractivity contribution in [2.24, 2.45) is 11.8 Å². The van der Waals surface area contributed by atoms with Gasteiger partial charge in [-0.25, -0.2) is 4.39 Å². The fraction of sp³-hybridized carbons (Fsp3) is 0.588. The molecule has 1 aliphatic heterocycles. The number of rotatable bonds is 1. The van der Waals surface area contributed by atoms with Crippen LogP contribution >= 0.6 is 0 Å². The SMILES string of the molecule is Cc1c(N)cc(C(=O)N2CCC3CCCCC3C2)cc1F. The van der Waals surface area contributed by atoms with Crippen molar-refractivity contribution in [2.45, 2.75) is 39.0 Å². The summed E-state index contributed by atoms with van der Waals surface area (Å²) in [7, 11) is 0. The summed E-state index contributed by atoms with van der Waals surface area (Å²) < 4.78 is 13.8. The van der Waals surface area contributed by atoms with Crippen molar-refractivity contribution >= 4 is 11.6 Å². The lowest BCUT2D eigenvalue weighted by atomic mass is 9.75. The molecule has 2 fully saturated rings. The van der Waals surface area contributed by atoms with Crippen LogP contribution in [0.3, 0.4) is 0 Å². The molecule has 1 heterocycles. The molecule has 1 aromatic rings. The number of hydrogen-bond acceptors (Lipinski definition) is 2. The van der Waals surface area contributed by atoms with Crippen LogP contribution in [0.4, 0.5) is 10.1 Å². The summed E-state index contributed by atoms with van der Waals surface area (Å²) >= 11 is 0. The molecule has 1 aliphatic carbocycles. The smallest absolute Gasteiger partial charge is 0.254 e. The number of nitrogen functional groups attached to an aromatic ring is 1. The van der Waals surface area contributed by atoms with E-state index in [-0.39, 0.29) is 5.91 Å². The Bertz CT molecular complexity index is 535. The monoisotopic (exact) mass is 290 g/mol. The van der Waals surface area contributed by atoms with Crippen LogP contribution in [0.1, 0.15) is 48.0 Å². The Balaban J connectivity index is 1.76. The summed E-state index contributed by atoms with van der Waals surface area (Å²) in [6, 6.07) is 2.93. The first-order chi connectivity index (χ1) is 10.1. The molecule has 2 N–H and O–H groups in total. The molecule has 2 atom stereocenters. The van der Waals surface area contributed by atoms with Gasteiger partial charge in [0.05, 0.1) is 0 Å². The van der Waals surface area contributed by atoms with Crippen LogP contribution in [-0.2, 0) is 0 Å². The third-order valence-electron chi connectivity index (χ3n) is 5.21. The Morgan fingerprint density at radius 2 is 1.95 bits per heavy atom. The number of amides is 1. The quantitative estimate of drug-likeness (QED) is 0.806. The average Bonchev–Trinajstić information content (AvgIpc) is 2.51. The summed E-state index contributed by atoms with van der Waals surface area (Å²) in [4.78, 5) is 14.5. The molecule has 1 saturated carbocycles. The minimum atomic E-state index is -0.397. The van der Waals surface area contributed by atoms with Crippen LogP contribution in [0.5, 0.6) is 0 Å². The van der Waals surface area contributed by atoms with Gasteiger partial charge in [-0.1, -0.05) is 19.3 Å². The third-order valence-corrected chi connectivity index (χ3v) is 5.21. The second-order valence-corrected chi connectivity index (χ2v) is 6.52. The molecular weight excluding hydrogens is 267 g/mol. The van der Waals surface area contributed by atoms with Crippen LogP contribution in [0.2, 0.25) is 0 Å². The van der Waals surface area contributed by atoms with E-state index < -0.39 is 5.82 Å². The van der Waals surface area contributed by atoms with Gasteiger partial charge >= 0.3 is 0 Å². The second-order valence-electron chi connectivity index (χ2n) is 6.52. The van der Waals surface area contributed by atoms with Gasteiger partial charge in [0.1, 0.15) is 5.82 Å². The number of likely N-dealkylation sites (tertiary alicyclic amines) is 1. The molecule has 1 saturated heterocycles. The van der Waals surface area contributed by atoms with Crippen LogP contribution < -0.4 is 5.73 Å². The lowest BCUT2D eigenvalue weighted by Gasteiger charge is -2.41. The standard InChI is InChI=1S/C17H23FN2O/c1-11-15(18)8-14(9-16(11)19)17(21)20-7-6-12-4-2-3-5-13(12)10-20/h8-9,12-13H,2-7,10,19H2,1H3. The van der Waals surface area contributed by atoms with Crippen molar-refractivity contribution in [2.75, 3.05) is 18.8 Å². The summed E-state index contributed by atoms with van der Waals surface area (Å²) in [5, 5.41) is 0. The number of halogens is 1. The molecule has 21 heavy (non-hydrogen) atoms. The molecule has 3 rings (SSSR count). The highest BCUT2D eigenvalue weighted by Gasteiger charge is 2.33. The molecular formula is C17H23FN2O. The maximum absolute atomic E-state index is 13.8. The number of fused-ring (bicyclic) bond motifs is 1. The molecule has 114 valence electrons. The van der Waals surface area contributed by atoms with E-state index in [9.17, 15) is 9.18 Å². The summed E-state index contributed by atoms with van der Waals surface area (Å²) in [6.07, 6.45) is 6.21. The van der Waals surface area contributed by atoms with Crippen molar-refractivity contribution in [3.05, 3.63) is 29.1 Å². The zero-order valence-electron chi connectivity index (χ0n) is 12.6. The van der Waals surface area contributed by atoms with E-state index in [0.717, 1.165) is 25.4 Å². The molecule has 2 unspecified atom stereocenters. The molecule has 0 aromatic heterocycles. The van der Waals surface area contributed by atoms with Crippen molar-refractivity contribution in [1.29, 1.82) is 0 Å². The van der Waals surface area contributed by atoms with Gasteiger partial charge in [0, 0.05) is 29.9 Å². The average molecular weight is 290 g/mol. The fourth-order valence-corrected chi connectivity index (χ4v) is 3.79. The van der Waals surface area contributed by atoms with E-state index in [1.54, 1.807) is 13.0 Å². The number of nitrogens with zero attached hydrogens (tertiary/aromatic N) is 1. The largest absolute Gasteiger partial charge is 0.398 e. The molecule has 0 spiro atoms. The van der Waals surface area contributed by atoms with Gasteiger partial charge in [0.2, 0.25) is 0 Å². The number of anilines is 1. The molecule has 0 bridgehead atoms. The maximum Gasteiger partial charge on any atom is 0.254 e. The number of carbonyl (C=O) groups excluding carboxylic acids is 1. The highest BCUT2D eigenvalue weighted by atomic mass is 19.1. The van der Waals surface area contributed by atoms with Gasteiger partial charge in [-0.3, -0.25) is 4.79 Å². The van der Waals surface area contributed by atoms with E-state index >= 15 is 0 Å². The summed E-state index contributed by atoms with van der Waals surface area (Å²) in [5.74, 6) is 0.933. The lowest BCUT2D eigenvalue weighted by molar-refractivity contribution is 0.0520. The molecule has 2 aliphatic rings. The molecule has 4 heteroatoms. The number of hydrogen-bond donors (Lipinski definition) is 1. The van der Waals surface area contributed by atoms with Gasteiger partial charge in [0.25, 0.3) is 5.91 Å². The van der Waals surface area contributed by atoms with Crippen LogP contribution in [-0.4, -0.2) is 23.9 Å². The van der Waals surface area contributed by atoms with Crippen molar-refractivity contribution in [1.82, 2.24) is 4.90 Å². The van der Waals surface area contributed by atoms with E-state index in [0.29, 0.717) is 22.7 Å². The number of benzene rings is 1. The first kappa shape index (κ1) is 14.4. The van der Waals surface area contributed by atoms with E-state index in [1.165, 1.54) is 31.7 Å². The second kappa shape index (κ2) is 5.66. The summed E-state index contributed by atoms with van der Waals surface area (Å²) in [6.45, 7) is 3.24. The predicted octanol–water partition coefficient (Wildman–Crippen LogP) is 3.37. The first-order valence-electron chi connectivity index (χ1n) is 7.91. The number of nitrogens with two attached hydrogens (primary N) is 1. The highest BCUT2D eigenvalue weighted by molar-refractivity contribution is 5.95. The van der Waals surface area contributed by atoms with E-state index in [4.69, 9.17) is 5.73 Å². The van der Waals surface area contributed by atoms with Crippen LogP contribution in [0.25, 0.3) is 0 Å². The van der Waals surface area contributed by atoms with E-state index in [1.807, 2.05) is 4.90 Å². The Kier molecular flexibility index (Phi) is 3.87. The number of piperidine rings is 1. The van der Waals surface area contributed by atoms with Crippen LogP contribution in [0.15, 0.2) is 12.1 Å². The predicted molar refractivity (Wildman–Crippen MR) is 81.5 cm³/mol. The summed E-state index contributed by atoms with van der Waals surface area (Å²) in [5.41, 5.74) is 6.93.